The molecule has 0 unspecified atom stereocenters. The highest BCUT2D eigenvalue weighted by molar-refractivity contribution is 6.01. The van der Waals surface area contributed by atoms with Crippen molar-refractivity contribution >= 4 is 11.9 Å². The Labute approximate surface area is 103 Å². The molecule has 1 aliphatic rings. The Kier molecular flexibility index (Phi) is 2.58. The molecule has 0 aliphatic carbocycles. The molecular weight excluding hydrogens is 234 g/mol. The van der Waals surface area contributed by atoms with Crippen LogP contribution >= 0.6 is 0 Å². The highest BCUT2D eigenvalue weighted by atomic mass is 16.5. The number of rotatable bonds is 2. The van der Waals surface area contributed by atoms with Gasteiger partial charge in [-0.15, -0.1) is 5.10 Å². The summed E-state index contributed by atoms with van der Waals surface area (Å²) in [5.74, 6) is 1.04. The lowest BCUT2D eigenvalue weighted by atomic mass is 10.2. The van der Waals surface area contributed by atoms with Crippen LogP contribution in [0.4, 0.5) is 5.95 Å². The summed E-state index contributed by atoms with van der Waals surface area (Å²) in [7, 11) is 0. The molecular formula is C11H13N5O2. The number of fused-ring (bicyclic) bond motifs is 1. The Hall–Kier alpha value is -2.18. The number of aryl methyl sites for hydroxylation is 3. The van der Waals surface area contributed by atoms with E-state index in [1.54, 1.807) is 13.0 Å². The number of hydrogen-bond donors (Lipinski definition) is 1. The highest BCUT2D eigenvalue weighted by Gasteiger charge is 2.17. The van der Waals surface area contributed by atoms with Crippen LogP contribution in [0.2, 0.25) is 0 Å². The minimum absolute atomic E-state index is 0.167. The van der Waals surface area contributed by atoms with Crippen molar-refractivity contribution < 1.29 is 9.32 Å². The molecule has 0 fully saturated rings. The Morgan fingerprint density at radius 2 is 2.39 bits per heavy atom. The van der Waals surface area contributed by atoms with E-state index in [-0.39, 0.29) is 11.7 Å². The molecule has 0 aromatic carbocycles. The Balaban J connectivity index is 1.76. The molecule has 3 heterocycles. The van der Waals surface area contributed by atoms with E-state index in [0.29, 0.717) is 11.6 Å². The van der Waals surface area contributed by atoms with Gasteiger partial charge in [-0.1, -0.05) is 5.16 Å². The molecule has 1 amide bonds. The minimum Gasteiger partial charge on any atom is -0.351 e. The summed E-state index contributed by atoms with van der Waals surface area (Å²) in [6.07, 6.45) is 3.13. The van der Waals surface area contributed by atoms with Crippen molar-refractivity contribution in [1.82, 2.24) is 19.9 Å². The Morgan fingerprint density at radius 3 is 3.11 bits per heavy atom. The smallest absolute Gasteiger partial charge is 0.296 e. The third kappa shape index (κ3) is 1.99. The zero-order valence-electron chi connectivity index (χ0n) is 10.0. The second-order valence-corrected chi connectivity index (χ2v) is 4.32. The molecule has 1 N–H and O–H groups in total. The van der Waals surface area contributed by atoms with Gasteiger partial charge in [0.2, 0.25) is 11.7 Å². The summed E-state index contributed by atoms with van der Waals surface area (Å²) in [4.78, 5) is 16.1. The van der Waals surface area contributed by atoms with Crippen LogP contribution in [-0.4, -0.2) is 25.8 Å². The molecule has 3 rings (SSSR count). The molecule has 0 spiro atoms. The van der Waals surface area contributed by atoms with Gasteiger partial charge in [0.15, 0.2) is 0 Å². The number of nitrogens with one attached hydrogen (secondary N) is 1. The molecule has 7 nitrogen and oxygen atoms in total. The van der Waals surface area contributed by atoms with E-state index in [0.717, 1.165) is 31.6 Å². The summed E-state index contributed by atoms with van der Waals surface area (Å²) in [5.41, 5.74) is 0.664. The second kappa shape index (κ2) is 4.25. The maximum Gasteiger partial charge on any atom is 0.296 e. The summed E-state index contributed by atoms with van der Waals surface area (Å²) in [5, 5.41) is 10.5. The fraction of sp³-hybridized carbons (Fsp3) is 0.455. The van der Waals surface area contributed by atoms with Gasteiger partial charge < -0.3 is 4.52 Å². The number of amides is 1. The first-order valence-electron chi connectivity index (χ1n) is 5.91. The van der Waals surface area contributed by atoms with Crippen molar-refractivity contribution in [2.45, 2.75) is 32.7 Å². The highest BCUT2D eigenvalue weighted by Crippen LogP contribution is 2.14. The monoisotopic (exact) mass is 247 g/mol. The zero-order valence-corrected chi connectivity index (χ0v) is 10.0. The normalized spacial score (nSPS) is 14.3. The van der Waals surface area contributed by atoms with Gasteiger partial charge in [-0.2, -0.15) is 4.98 Å². The number of carbonyl (C=O) groups excluding carboxylic acids is 1. The number of nitrogens with zero attached hydrogens (tertiary/aromatic N) is 4. The van der Waals surface area contributed by atoms with E-state index in [1.807, 2.05) is 4.68 Å². The van der Waals surface area contributed by atoms with Crippen molar-refractivity contribution in [3.8, 4) is 0 Å². The molecule has 2 aromatic rings. The maximum atomic E-state index is 11.8. The van der Waals surface area contributed by atoms with Crippen LogP contribution in [0.3, 0.4) is 0 Å². The first-order valence-corrected chi connectivity index (χ1v) is 5.91. The van der Waals surface area contributed by atoms with Crippen molar-refractivity contribution in [2.24, 2.45) is 0 Å². The molecule has 0 saturated heterocycles. The van der Waals surface area contributed by atoms with E-state index in [2.05, 4.69) is 20.6 Å². The molecule has 7 heteroatoms. The zero-order chi connectivity index (χ0) is 12.5. The molecule has 0 saturated carbocycles. The van der Waals surface area contributed by atoms with Crippen molar-refractivity contribution in [1.29, 1.82) is 0 Å². The first-order chi connectivity index (χ1) is 8.72. The van der Waals surface area contributed by atoms with Gasteiger partial charge in [0.1, 0.15) is 5.82 Å². The Bertz CT molecular complexity index is 563. The largest absolute Gasteiger partial charge is 0.351 e. The van der Waals surface area contributed by atoms with Crippen LogP contribution in [0.1, 0.15) is 34.9 Å². The average molecular weight is 247 g/mol. The van der Waals surface area contributed by atoms with Crippen molar-refractivity contribution in [2.75, 3.05) is 5.32 Å². The minimum atomic E-state index is -0.376. The fourth-order valence-corrected chi connectivity index (χ4v) is 1.97. The fourth-order valence-electron chi connectivity index (χ4n) is 1.97. The lowest BCUT2D eigenvalue weighted by Gasteiger charge is -2.09. The van der Waals surface area contributed by atoms with Crippen molar-refractivity contribution in [3.63, 3.8) is 0 Å². The topological polar surface area (TPSA) is 85.8 Å². The summed E-state index contributed by atoms with van der Waals surface area (Å²) in [6, 6.07) is 1.57. The predicted molar refractivity (Wildman–Crippen MR) is 62.2 cm³/mol. The summed E-state index contributed by atoms with van der Waals surface area (Å²) >= 11 is 0. The van der Waals surface area contributed by atoms with E-state index in [9.17, 15) is 4.79 Å². The van der Waals surface area contributed by atoms with Crippen LogP contribution in [-0.2, 0) is 13.0 Å². The number of carbonyl (C=O) groups is 1. The van der Waals surface area contributed by atoms with E-state index in [4.69, 9.17) is 4.52 Å². The lowest BCUT2D eigenvalue weighted by molar-refractivity contribution is 0.0987. The Morgan fingerprint density at radius 1 is 1.50 bits per heavy atom. The van der Waals surface area contributed by atoms with E-state index < -0.39 is 0 Å². The molecule has 0 bridgehead atoms. The van der Waals surface area contributed by atoms with Gasteiger partial charge in [0.25, 0.3) is 5.91 Å². The quantitative estimate of drug-likeness (QED) is 0.860. The van der Waals surface area contributed by atoms with Crippen LogP contribution in [0.15, 0.2) is 10.6 Å². The van der Waals surface area contributed by atoms with E-state index in [1.165, 1.54) is 0 Å². The molecule has 0 radical (unpaired) electrons. The van der Waals surface area contributed by atoms with Gasteiger partial charge in [-0.3, -0.25) is 10.1 Å². The first kappa shape index (κ1) is 10.9. The van der Waals surface area contributed by atoms with Crippen molar-refractivity contribution in [3.05, 3.63) is 23.3 Å². The van der Waals surface area contributed by atoms with Gasteiger partial charge >= 0.3 is 0 Å². The molecule has 0 atom stereocenters. The molecule has 2 aromatic heterocycles. The molecule has 1 aliphatic heterocycles. The number of aromatic nitrogens is 4. The third-order valence-electron chi connectivity index (χ3n) is 2.85. The summed E-state index contributed by atoms with van der Waals surface area (Å²) in [6.45, 7) is 2.62. The van der Waals surface area contributed by atoms with Gasteiger partial charge in [-0.05, 0) is 19.8 Å². The maximum absolute atomic E-state index is 11.8. The van der Waals surface area contributed by atoms with Crippen LogP contribution in [0.5, 0.6) is 0 Å². The van der Waals surface area contributed by atoms with E-state index >= 15 is 0 Å². The molecule has 18 heavy (non-hydrogen) atoms. The van der Waals surface area contributed by atoms with Gasteiger partial charge in [-0.25, -0.2) is 4.68 Å². The van der Waals surface area contributed by atoms with Crippen LogP contribution in [0.25, 0.3) is 0 Å². The number of hydrogen-bond acceptors (Lipinski definition) is 5. The van der Waals surface area contributed by atoms with Gasteiger partial charge in [0.05, 0.1) is 5.69 Å². The second-order valence-electron chi connectivity index (χ2n) is 4.32. The van der Waals surface area contributed by atoms with Crippen LogP contribution < -0.4 is 5.32 Å². The summed E-state index contributed by atoms with van der Waals surface area (Å²) < 4.78 is 6.71. The lowest BCUT2D eigenvalue weighted by Crippen LogP contribution is -2.13. The van der Waals surface area contributed by atoms with Gasteiger partial charge in [0, 0.05) is 19.0 Å². The number of anilines is 1. The SMILES string of the molecule is Cc1cc(C(=O)Nc2nc3n(n2)CCCC3)on1. The molecule has 94 valence electrons. The average Bonchev–Trinajstić information content (AvgIpc) is 2.94. The standard InChI is InChI=1S/C11H13N5O2/c1-7-6-8(18-15-7)10(17)13-11-12-9-4-2-3-5-16(9)14-11/h6H,2-5H2,1H3,(H,13,14,17). The predicted octanol–water partition coefficient (Wildman–Crippen LogP) is 1.16. The van der Waals surface area contributed by atoms with Crippen LogP contribution in [0, 0.1) is 6.92 Å². The third-order valence-corrected chi connectivity index (χ3v) is 2.85.